The van der Waals surface area contributed by atoms with Crippen LogP contribution in [0.15, 0.2) is 12.3 Å². The van der Waals surface area contributed by atoms with Crippen LogP contribution in [0.25, 0.3) is 0 Å². The molecule has 1 aromatic heterocycles. The minimum atomic E-state index is -4.24. The average molecular weight is 303 g/mol. The van der Waals surface area contributed by atoms with Gasteiger partial charge in [0.25, 0.3) is 0 Å². The van der Waals surface area contributed by atoms with Crippen LogP contribution in [0.3, 0.4) is 0 Å². The highest BCUT2D eigenvalue weighted by Crippen LogP contribution is 2.25. The molecule has 21 heavy (non-hydrogen) atoms. The summed E-state index contributed by atoms with van der Waals surface area (Å²) in [7, 11) is 0. The highest BCUT2D eigenvalue weighted by molar-refractivity contribution is 5.48. The molecule has 0 saturated carbocycles. The van der Waals surface area contributed by atoms with Gasteiger partial charge in [0.1, 0.15) is 12.4 Å². The average Bonchev–Trinajstić information content (AvgIpc) is 2.32. The van der Waals surface area contributed by atoms with Crippen LogP contribution >= 0.6 is 0 Å². The maximum absolute atomic E-state index is 12.7. The molecule has 0 aromatic carbocycles. The summed E-state index contributed by atoms with van der Waals surface area (Å²) in [6.45, 7) is 9.03. The van der Waals surface area contributed by atoms with Crippen molar-refractivity contribution in [2.24, 2.45) is 0 Å². The van der Waals surface area contributed by atoms with Crippen molar-refractivity contribution in [3.8, 4) is 0 Å². The Kier molecular flexibility index (Phi) is 6.01. The molecule has 0 fully saturated rings. The molecule has 1 aromatic rings. The number of hydrogen-bond donors (Lipinski definition) is 1. The van der Waals surface area contributed by atoms with Crippen molar-refractivity contribution in [1.82, 2.24) is 10.3 Å². The van der Waals surface area contributed by atoms with Gasteiger partial charge in [0, 0.05) is 24.8 Å². The first kappa shape index (κ1) is 17.8. The van der Waals surface area contributed by atoms with Crippen LogP contribution < -0.4 is 10.2 Å². The number of pyridine rings is 1. The van der Waals surface area contributed by atoms with Gasteiger partial charge in [-0.25, -0.2) is 4.98 Å². The van der Waals surface area contributed by atoms with Crippen molar-refractivity contribution < 1.29 is 13.2 Å². The molecule has 0 aliphatic heterocycles. The molecule has 3 nitrogen and oxygen atoms in total. The highest BCUT2D eigenvalue weighted by Gasteiger charge is 2.33. The second kappa shape index (κ2) is 7.11. The van der Waals surface area contributed by atoms with Gasteiger partial charge in [-0.15, -0.1) is 0 Å². The molecule has 1 N–H and O–H groups in total. The molecule has 1 rings (SSSR count). The fourth-order valence-corrected chi connectivity index (χ4v) is 2.04. The number of nitrogens with zero attached hydrogens (tertiary/aromatic N) is 2. The molecule has 0 unspecified atom stereocenters. The van der Waals surface area contributed by atoms with Crippen LogP contribution in [-0.4, -0.2) is 29.8 Å². The zero-order valence-electron chi connectivity index (χ0n) is 13.3. The van der Waals surface area contributed by atoms with Crippen molar-refractivity contribution in [3.05, 3.63) is 23.4 Å². The van der Waals surface area contributed by atoms with Gasteiger partial charge < -0.3 is 10.2 Å². The molecular weight excluding hydrogens is 279 g/mol. The number of nitrogens with one attached hydrogen (secondary N) is 1. The van der Waals surface area contributed by atoms with Gasteiger partial charge in [-0.1, -0.05) is 13.8 Å². The number of rotatable bonds is 6. The fraction of sp³-hybridized carbons (Fsp3) is 0.667. The summed E-state index contributed by atoms with van der Waals surface area (Å²) < 4.78 is 38.1. The van der Waals surface area contributed by atoms with E-state index < -0.39 is 12.7 Å². The van der Waals surface area contributed by atoms with Crippen LogP contribution in [0.5, 0.6) is 0 Å². The molecule has 0 aliphatic rings. The van der Waals surface area contributed by atoms with Gasteiger partial charge in [-0.3, -0.25) is 0 Å². The van der Waals surface area contributed by atoms with Crippen LogP contribution in [0, 0.1) is 6.92 Å². The molecule has 1 heterocycles. The van der Waals surface area contributed by atoms with Gasteiger partial charge in [-0.2, -0.15) is 13.2 Å². The van der Waals surface area contributed by atoms with Crippen LogP contribution in [0.4, 0.5) is 19.0 Å². The lowest BCUT2D eigenvalue weighted by Crippen LogP contribution is -2.40. The first-order valence-corrected chi connectivity index (χ1v) is 7.12. The predicted molar refractivity (Wildman–Crippen MR) is 79.5 cm³/mol. The Bertz CT molecular complexity index is 456. The predicted octanol–water partition coefficient (Wildman–Crippen LogP) is 3.67. The van der Waals surface area contributed by atoms with E-state index in [1.54, 1.807) is 27.0 Å². The molecule has 6 heteroatoms. The van der Waals surface area contributed by atoms with Gasteiger partial charge >= 0.3 is 6.18 Å². The Morgan fingerprint density at radius 1 is 1.24 bits per heavy atom. The third-order valence-corrected chi connectivity index (χ3v) is 3.07. The number of hydrogen-bond acceptors (Lipinski definition) is 3. The van der Waals surface area contributed by atoms with Crippen molar-refractivity contribution in [2.45, 2.75) is 59.4 Å². The lowest BCUT2D eigenvalue weighted by Gasteiger charge is -2.30. The molecular formula is C15H24F3N3. The Labute approximate surface area is 124 Å². The summed E-state index contributed by atoms with van der Waals surface area (Å²) in [6.07, 6.45) is -2.60. The lowest BCUT2D eigenvalue weighted by molar-refractivity contribution is -0.120. The van der Waals surface area contributed by atoms with Crippen molar-refractivity contribution in [2.75, 3.05) is 11.4 Å². The fourth-order valence-electron chi connectivity index (χ4n) is 2.04. The van der Waals surface area contributed by atoms with E-state index in [1.165, 1.54) is 4.90 Å². The third kappa shape index (κ3) is 5.91. The quantitative estimate of drug-likeness (QED) is 0.869. The summed E-state index contributed by atoms with van der Waals surface area (Å²) in [4.78, 5) is 5.53. The molecule has 0 amide bonds. The van der Waals surface area contributed by atoms with Crippen LogP contribution in [0.2, 0.25) is 0 Å². The molecule has 0 atom stereocenters. The van der Waals surface area contributed by atoms with E-state index in [0.717, 1.165) is 11.1 Å². The smallest absolute Gasteiger partial charge is 0.345 e. The maximum Gasteiger partial charge on any atom is 0.405 e. The maximum atomic E-state index is 12.7. The summed E-state index contributed by atoms with van der Waals surface area (Å²) in [5.41, 5.74) is 1.73. The van der Waals surface area contributed by atoms with Crippen molar-refractivity contribution >= 4 is 5.82 Å². The second-order valence-corrected chi connectivity index (χ2v) is 5.86. The van der Waals surface area contributed by atoms with E-state index in [0.29, 0.717) is 18.4 Å². The Morgan fingerprint density at radius 2 is 1.86 bits per heavy atom. The number of anilines is 1. The molecule has 0 spiro atoms. The van der Waals surface area contributed by atoms with Gasteiger partial charge in [0.05, 0.1) is 0 Å². The molecule has 0 radical (unpaired) electrons. The third-order valence-electron chi connectivity index (χ3n) is 3.07. The van der Waals surface area contributed by atoms with Crippen molar-refractivity contribution in [3.63, 3.8) is 0 Å². The topological polar surface area (TPSA) is 28.2 Å². The number of alkyl halides is 3. The normalized spacial score (nSPS) is 12.3. The second-order valence-electron chi connectivity index (χ2n) is 5.86. The monoisotopic (exact) mass is 303 g/mol. The van der Waals surface area contributed by atoms with E-state index in [1.807, 2.05) is 19.9 Å². The molecule has 120 valence electrons. The minimum Gasteiger partial charge on any atom is -0.345 e. The number of aromatic nitrogens is 1. The zero-order valence-corrected chi connectivity index (χ0v) is 13.3. The number of halogens is 3. The summed E-state index contributed by atoms with van der Waals surface area (Å²) in [5, 5.41) is 3.27. The Hall–Kier alpha value is -1.30. The zero-order chi connectivity index (χ0) is 16.2. The van der Waals surface area contributed by atoms with Gasteiger partial charge in [0.15, 0.2) is 0 Å². The van der Waals surface area contributed by atoms with E-state index >= 15 is 0 Å². The Balaban J connectivity index is 2.95. The Morgan fingerprint density at radius 3 is 2.29 bits per heavy atom. The van der Waals surface area contributed by atoms with Gasteiger partial charge in [0.2, 0.25) is 0 Å². The summed E-state index contributed by atoms with van der Waals surface area (Å²) >= 11 is 0. The van der Waals surface area contributed by atoms with E-state index in [-0.39, 0.29) is 6.04 Å². The first-order chi connectivity index (χ1) is 9.60. The van der Waals surface area contributed by atoms with Crippen molar-refractivity contribution in [1.29, 1.82) is 0 Å². The van der Waals surface area contributed by atoms with Crippen LogP contribution in [0.1, 0.15) is 38.8 Å². The number of aryl methyl sites for hydroxylation is 1. The van der Waals surface area contributed by atoms with E-state index in [2.05, 4.69) is 10.3 Å². The SMILES string of the molecule is Cc1cc(CNC(C)C)cnc1N(CC(F)(F)F)C(C)C. The minimum absolute atomic E-state index is 0.266. The van der Waals surface area contributed by atoms with Crippen LogP contribution in [-0.2, 0) is 6.54 Å². The standard InChI is InChI=1S/C15H24F3N3/c1-10(2)19-7-13-6-12(5)14(20-8-13)21(11(3)4)9-15(16,17)18/h6,8,10-11,19H,7,9H2,1-5H3. The largest absolute Gasteiger partial charge is 0.405 e. The van der Waals surface area contributed by atoms with Gasteiger partial charge in [-0.05, 0) is 38.0 Å². The summed E-state index contributed by atoms with van der Waals surface area (Å²) in [5.74, 6) is 0.399. The molecule has 0 saturated heterocycles. The van der Waals surface area contributed by atoms with E-state index in [4.69, 9.17) is 0 Å². The summed E-state index contributed by atoms with van der Waals surface area (Å²) in [6, 6.07) is 1.98. The highest BCUT2D eigenvalue weighted by atomic mass is 19.4. The molecule has 0 bridgehead atoms. The molecule has 0 aliphatic carbocycles. The van der Waals surface area contributed by atoms with E-state index in [9.17, 15) is 13.2 Å². The lowest BCUT2D eigenvalue weighted by atomic mass is 10.1. The first-order valence-electron chi connectivity index (χ1n) is 7.12.